The number of amides is 2. The molecule has 0 radical (unpaired) electrons. The van der Waals surface area contributed by atoms with Gasteiger partial charge in [-0.25, -0.2) is 4.90 Å². The van der Waals surface area contributed by atoms with Gasteiger partial charge >= 0.3 is 0 Å². The Kier molecular flexibility index (Phi) is 5.50. The number of nitro benzene ring substituents is 1. The Balaban J connectivity index is 1.61. The maximum absolute atomic E-state index is 12.7. The quantitative estimate of drug-likeness (QED) is 0.228. The molecular formula is C20H10BrClN2O5S. The smallest absolute Gasteiger partial charge is 0.298 e. The van der Waals surface area contributed by atoms with Crippen LogP contribution in [0.25, 0.3) is 17.4 Å². The Morgan fingerprint density at radius 2 is 1.93 bits per heavy atom. The highest BCUT2D eigenvalue weighted by molar-refractivity contribution is 9.10. The van der Waals surface area contributed by atoms with E-state index in [4.69, 9.17) is 16.0 Å². The lowest BCUT2D eigenvalue weighted by Crippen LogP contribution is -2.27. The molecule has 0 aliphatic carbocycles. The highest BCUT2D eigenvalue weighted by Gasteiger charge is 2.36. The lowest BCUT2D eigenvalue weighted by Gasteiger charge is -2.12. The summed E-state index contributed by atoms with van der Waals surface area (Å²) in [6, 6.07) is 14.1. The Morgan fingerprint density at radius 3 is 2.63 bits per heavy atom. The molecule has 2 heterocycles. The predicted octanol–water partition coefficient (Wildman–Crippen LogP) is 6.51. The average Bonchev–Trinajstić information content (AvgIpc) is 3.26. The number of benzene rings is 2. The summed E-state index contributed by atoms with van der Waals surface area (Å²) < 4.78 is 6.26. The molecule has 0 atom stereocenters. The zero-order valence-electron chi connectivity index (χ0n) is 14.9. The van der Waals surface area contributed by atoms with Crippen molar-refractivity contribution < 1.29 is 18.9 Å². The van der Waals surface area contributed by atoms with E-state index in [9.17, 15) is 19.7 Å². The molecule has 3 aromatic rings. The van der Waals surface area contributed by atoms with Crippen molar-refractivity contribution in [2.75, 3.05) is 4.90 Å². The van der Waals surface area contributed by atoms with Gasteiger partial charge in [-0.15, -0.1) is 0 Å². The fourth-order valence-corrected chi connectivity index (χ4v) is 4.40. The maximum atomic E-state index is 12.7. The van der Waals surface area contributed by atoms with E-state index in [2.05, 4.69) is 15.9 Å². The SMILES string of the molecule is O=C1S/C(=C\c2ccc(-c3ccc([N+](=O)[O-])cc3Br)o2)C(=O)N1c1cccc(Cl)c1. The van der Waals surface area contributed by atoms with Crippen LogP contribution in [0.4, 0.5) is 16.2 Å². The van der Waals surface area contributed by atoms with Crippen molar-refractivity contribution in [1.82, 2.24) is 0 Å². The number of hydrogen-bond donors (Lipinski definition) is 0. The van der Waals surface area contributed by atoms with Crippen LogP contribution in [0.15, 0.2) is 68.4 Å². The van der Waals surface area contributed by atoms with Crippen LogP contribution in [0, 0.1) is 10.1 Å². The number of halogens is 2. The minimum atomic E-state index is -0.488. The molecule has 0 unspecified atom stereocenters. The van der Waals surface area contributed by atoms with Crippen LogP contribution in [-0.2, 0) is 4.79 Å². The van der Waals surface area contributed by atoms with Crippen molar-refractivity contribution in [3.8, 4) is 11.3 Å². The summed E-state index contributed by atoms with van der Waals surface area (Å²) in [6.45, 7) is 0. The highest BCUT2D eigenvalue weighted by Crippen LogP contribution is 2.38. The van der Waals surface area contributed by atoms with Gasteiger partial charge in [0.1, 0.15) is 11.5 Å². The van der Waals surface area contributed by atoms with Crippen LogP contribution in [0.5, 0.6) is 0 Å². The van der Waals surface area contributed by atoms with Crippen LogP contribution in [0.3, 0.4) is 0 Å². The number of carbonyl (C=O) groups excluding carboxylic acids is 2. The van der Waals surface area contributed by atoms with Crippen molar-refractivity contribution in [3.05, 3.63) is 84.9 Å². The molecule has 4 rings (SSSR count). The summed E-state index contributed by atoms with van der Waals surface area (Å²) in [5.41, 5.74) is 0.961. The normalized spacial score (nSPS) is 15.3. The van der Waals surface area contributed by atoms with E-state index in [1.54, 1.807) is 36.4 Å². The molecule has 1 fully saturated rings. The summed E-state index contributed by atoms with van der Waals surface area (Å²) in [7, 11) is 0. The molecule has 0 spiro atoms. The summed E-state index contributed by atoms with van der Waals surface area (Å²) in [5.74, 6) is 0.352. The van der Waals surface area contributed by atoms with Crippen LogP contribution in [0.2, 0.25) is 5.02 Å². The number of nitrogens with zero attached hydrogens (tertiary/aromatic N) is 2. The molecule has 0 N–H and O–H groups in total. The van der Waals surface area contributed by atoms with Gasteiger partial charge < -0.3 is 4.42 Å². The summed E-state index contributed by atoms with van der Waals surface area (Å²) in [6.07, 6.45) is 1.48. The first-order valence-corrected chi connectivity index (χ1v) is 10.4. The number of anilines is 1. The maximum Gasteiger partial charge on any atom is 0.298 e. The number of rotatable bonds is 4. The number of carbonyl (C=O) groups is 2. The molecule has 1 saturated heterocycles. The molecule has 1 aliphatic rings. The van der Waals surface area contributed by atoms with Gasteiger partial charge in [-0.2, -0.15) is 0 Å². The number of imide groups is 1. The Hall–Kier alpha value is -2.88. The number of thioether (sulfide) groups is 1. The van der Waals surface area contributed by atoms with Crippen LogP contribution < -0.4 is 4.90 Å². The lowest BCUT2D eigenvalue weighted by atomic mass is 10.1. The van der Waals surface area contributed by atoms with Gasteiger partial charge in [-0.1, -0.05) is 17.7 Å². The second-order valence-corrected chi connectivity index (χ2v) is 8.40. The number of nitro groups is 1. The van der Waals surface area contributed by atoms with Crippen molar-refractivity contribution in [2.24, 2.45) is 0 Å². The van der Waals surface area contributed by atoms with E-state index in [1.165, 1.54) is 24.3 Å². The Morgan fingerprint density at radius 1 is 1.13 bits per heavy atom. The highest BCUT2D eigenvalue weighted by atomic mass is 79.9. The first kappa shape index (κ1) is 20.4. The second kappa shape index (κ2) is 8.10. The molecule has 1 aromatic heterocycles. The van der Waals surface area contributed by atoms with Crippen molar-refractivity contribution in [2.45, 2.75) is 0 Å². The minimum absolute atomic E-state index is 0.0490. The summed E-state index contributed by atoms with van der Waals surface area (Å²) in [4.78, 5) is 36.7. The summed E-state index contributed by atoms with van der Waals surface area (Å²) in [5, 5.41) is 10.9. The first-order chi connectivity index (χ1) is 14.3. The zero-order valence-corrected chi connectivity index (χ0v) is 18.0. The van der Waals surface area contributed by atoms with Gasteiger partial charge in [0.2, 0.25) is 0 Å². The molecule has 30 heavy (non-hydrogen) atoms. The third-order valence-electron chi connectivity index (χ3n) is 4.19. The van der Waals surface area contributed by atoms with E-state index >= 15 is 0 Å². The third kappa shape index (κ3) is 3.91. The molecule has 0 saturated carbocycles. The van der Waals surface area contributed by atoms with Gasteiger partial charge in [0.15, 0.2) is 0 Å². The van der Waals surface area contributed by atoms with Crippen LogP contribution in [-0.4, -0.2) is 16.1 Å². The minimum Gasteiger partial charge on any atom is -0.457 e. The molecule has 2 amide bonds. The molecule has 10 heteroatoms. The van der Waals surface area contributed by atoms with Crippen molar-refractivity contribution >= 4 is 67.9 Å². The van der Waals surface area contributed by atoms with E-state index in [1.807, 2.05) is 0 Å². The molecule has 2 aromatic carbocycles. The Labute approximate surface area is 187 Å². The number of non-ortho nitro benzene ring substituents is 1. The molecule has 1 aliphatic heterocycles. The van der Waals surface area contributed by atoms with Crippen molar-refractivity contribution in [3.63, 3.8) is 0 Å². The fourth-order valence-electron chi connectivity index (χ4n) is 2.83. The first-order valence-electron chi connectivity index (χ1n) is 8.41. The standard InChI is InChI=1S/C20H10BrClN2O5S/c21-16-9-13(24(27)28)4-6-15(16)17-7-5-14(29-17)10-18-19(25)23(20(26)30-18)12-3-1-2-11(22)8-12/h1-10H/b18-10-. The van der Waals surface area contributed by atoms with Gasteiger partial charge in [0.25, 0.3) is 16.8 Å². The number of hydrogen-bond acceptors (Lipinski definition) is 6. The van der Waals surface area contributed by atoms with Crippen LogP contribution >= 0.6 is 39.3 Å². The molecule has 150 valence electrons. The lowest BCUT2D eigenvalue weighted by molar-refractivity contribution is -0.384. The third-order valence-corrected chi connectivity index (χ3v) is 5.95. The van der Waals surface area contributed by atoms with Gasteiger partial charge in [0, 0.05) is 33.3 Å². The van der Waals surface area contributed by atoms with Crippen molar-refractivity contribution in [1.29, 1.82) is 0 Å². The van der Waals surface area contributed by atoms with Gasteiger partial charge in [-0.05, 0) is 64.1 Å². The van der Waals surface area contributed by atoms with Gasteiger partial charge in [-0.3, -0.25) is 19.7 Å². The summed E-state index contributed by atoms with van der Waals surface area (Å²) >= 11 is 10.1. The Bertz CT molecular complexity index is 1240. The topological polar surface area (TPSA) is 93.7 Å². The zero-order chi connectivity index (χ0) is 21.4. The number of furan rings is 1. The molecule has 7 nitrogen and oxygen atoms in total. The average molecular weight is 506 g/mol. The van der Waals surface area contributed by atoms with E-state index in [0.717, 1.165) is 16.7 Å². The predicted molar refractivity (Wildman–Crippen MR) is 118 cm³/mol. The van der Waals surface area contributed by atoms with E-state index in [-0.39, 0.29) is 10.6 Å². The monoisotopic (exact) mass is 504 g/mol. The van der Waals surface area contributed by atoms with E-state index in [0.29, 0.717) is 32.3 Å². The fraction of sp³-hybridized carbons (Fsp3) is 0. The van der Waals surface area contributed by atoms with E-state index < -0.39 is 16.1 Å². The van der Waals surface area contributed by atoms with Gasteiger partial charge in [0.05, 0.1) is 15.5 Å². The van der Waals surface area contributed by atoms with Crippen LogP contribution in [0.1, 0.15) is 5.76 Å². The molecular weight excluding hydrogens is 496 g/mol. The molecule has 0 bridgehead atoms. The second-order valence-electron chi connectivity index (χ2n) is 6.12. The largest absolute Gasteiger partial charge is 0.457 e.